The Morgan fingerprint density at radius 2 is 2.06 bits per heavy atom. The van der Waals surface area contributed by atoms with E-state index in [9.17, 15) is 9.18 Å². The zero-order chi connectivity index (χ0) is 13.1. The molecule has 92 valence electrons. The molecule has 0 atom stereocenters. The van der Waals surface area contributed by atoms with Gasteiger partial charge in [-0.2, -0.15) is 0 Å². The largest absolute Gasteiger partial charge is 0.454 e. The zero-order valence-electron chi connectivity index (χ0n) is 9.26. The van der Waals surface area contributed by atoms with Crippen LogP contribution in [-0.4, -0.2) is 10.9 Å². The molecule has 0 aliphatic heterocycles. The van der Waals surface area contributed by atoms with Crippen LogP contribution >= 0.6 is 0 Å². The van der Waals surface area contributed by atoms with E-state index in [1.165, 1.54) is 30.6 Å². The quantitative estimate of drug-likeness (QED) is 0.863. The van der Waals surface area contributed by atoms with Gasteiger partial charge in [-0.15, -0.1) is 0 Å². The smallest absolute Gasteiger partial charge is 0.255 e. The van der Waals surface area contributed by atoms with Gasteiger partial charge in [-0.3, -0.25) is 9.78 Å². The normalized spacial score (nSPS) is 10.1. The maximum Gasteiger partial charge on any atom is 0.255 e. The fourth-order valence-electron chi connectivity index (χ4n) is 1.43. The molecule has 18 heavy (non-hydrogen) atoms. The first-order valence-electron chi connectivity index (χ1n) is 5.05. The molecule has 0 saturated carbocycles. The Morgan fingerprint density at radius 3 is 2.72 bits per heavy atom. The summed E-state index contributed by atoms with van der Waals surface area (Å²) in [5, 5.41) is 0. The first kappa shape index (κ1) is 11.8. The van der Waals surface area contributed by atoms with Crippen molar-refractivity contribution in [3.8, 4) is 11.5 Å². The van der Waals surface area contributed by atoms with E-state index in [0.29, 0.717) is 0 Å². The number of carbonyl (C=O) groups is 1. The summed E-state index contributed by atoms with van der Waals surface area (Å²) < 4.78 is 18.9. The summed E-state index contributed by atoms with van der Waals surface area (Å²) >= 11 is 0. The van der Waals surface area contributed by atoms with E-state index in [0.717, 1.165) is 6.07 Å². The Bertz CT molecular complexity index is 602. The molecule has 2 rings (SSSR count). The van der Waals surface area contributed by atoms with E-state index in [4.69, 9.17) is 16.2 Å². The average molecular weight is 247 g/mol. The highest BCUT2D eigenvalue weighted by atomic mass is 19.1. The number of primary amides is 1. The van der Waals surface area contributed by atoms with Crippen molar-refractivity contribution in [2.24, 2.45) is 5.73 Å². The number of rotatable bonds is 3. The van der Waals surface area contributed by atoms with E-state index in [-0.39, 0.29) is 22.7 Å². The molecule has 1 aromatic carbocycles. The van der Waals surface area contributed by atoms with Crippen LogP contribution < -0.4 is 16.2 Å². The summed E-state index contributed by atoms with van der Waals surface area (Å²) in [5.41, 5.74) is 10.7. The molecule has 6 heteroatoms. The van der Waals surface area contributed by atoms with Crippen LogP contribution in [0.1, 0.15) is 10.4 Å². The van der Waals surface area contributed by atoms with Gasteiger partial charge in [-0.25, -0.2) is 4.39 Å². The number of nitrogens with zero attached hydrogens (tertiary/aromatic N) is 1. The number of nitrogens with two attached hydrogens (primary N) is 2. The van der Waals surface area contributed by atoms with Gasteiger partial charge in [-0.1, -0.05) is 6.07 Å². The second-order valence-electron chi connectivity index (χ2n) is 3.49. The number of ether oxygens (including phenoxy) is 1. The number of aromatic nitrogens is 1. The van der Waals surface area contributed by atoms with E-state index in [2.05, 4.69) is 4.98 Å². The molecule has 0 fully saturated rings. The topological polar surface area (TPSA) is 91.2 Å². The maximum atomic E-state index is 13.5. The van der Waals surface area contributed by atoms with E-state index >= 15 is 0 Å². The summed E-state index contributed by atoms with van der Waals surface area (Å²) in [6.45, 7) is 0. The molecule has 5 nitrogen and oxygen atoms in total. The second-order valence-corrected chi connectivity index (χ2v) is 3.49. The monoisotopic (exact) mass is 247 g/mol. The molecule has 1 amide bonds. The molecule has 0 unspecified atom stereocenters. The van der Waals surface area contributed by atoms with Crippen molar-refractivity contribution in [2.45, 2.75) is 0 Å². The van der Waals surface area contributed by atoms with Crippen LogP contribution in [0.3, 0.4) is 0 Å². The van der Waals surface area contributed by atoms with Crippen molar-refractivity contribution in [3.63, 3.8) is 0 Å². The Hall–Kier alpha value is -2.63. The molecule has 0 spiro atoms. The number of anilines is 1. The molecule has 0 radical (unpaired) electrons. The molecule has 0 bridgehead atoms. The standard InChI is InChI=1S/C12H10FN3O2/c13-7-2-1-3-10(11(7)12(15)17)18-9-4-5-16-6-8(9)14/h1-6H,14H2,(H2,15,17). The van der Waals surface area contributed by atoms with E-state index in [1.54, 1.807) is 0 Å². The van der Waals surface area contributed by atoms with Crippen LogP contribution in [-0.2, 0) is 0 Å². The number of halogens is 1. The predicted octanol–water partition coefficient (Wildman–Crippen LogP) is 1.69. The maximum absolute atomic E-state index is 13.5. The Morgan fingerprint density at radius 1 is 1.28 bits per heavy atom. The van der Waals surface area contributed by atoms with Crippen molar-refractivity contribution in [1.82, 2.24) is 4.98 Å². The third-order valence-corrected chi connectivity index (χ3v) is 2.25. The van der Waals surface area contributed by atoms with Gasteiger partial charge in [0.2, 0.25) is 0 Å². The molecule has 1 heterocycles. The lowest BCUT2D eigenvalue weighted by Gasteiger charge is -2.10. The fourth-order valence-corrected chi connectivity index (χ4v) is 1.43. The highest BCUT2D eigenvalue weighted by Crippen LogP contribution is 2.29. The summed E-state index contributed by atoms with van der Waals surface area (Å²) in [6, 6.07) is 5.48. The fraction of sp³-hybridized carbons (Fsp3) is 0. The molecular formula is C12H10FN3O2. The summed E-state index contributed by atoms with van der Waals surface area (Å²) in [6.07, 6.45) is 2.85. The minimum absolute atomic E-state index is 0.0143. The molecule has 2 aromatic rings. The van der Waals surface area contributed by atoms with Crippen molar-refractivity contribution in [3.05, 3.63) is 48.0 Å². The van der Waals surface area contributed by atoms with Crippen molar-refractivity contribution in [2.75, 3.05) is 5.73 Å². The van der Waals surface area contributed by atoms with Gasteiger partial charge in [0.05, 0.1) is 11.9 Å². The highest BCUT2D eigenvalue weighted by Gasteiger charge is 2.16. The van der Waals surface area contributed by atoms with Crippen LogP contribution in [0.5, 0.6) is 11.5 Å². The molecular weight excluding hydrogens is 237 g/mol. The number of pyridine rings is 1. The van der Waals surface area contributed by atoms with Crippen molar-refractivity contribution < 1.29 is 13.9 Å². The van der Waals surface area contributed by atoms with Crippen LogP contribution in [0.15, 0.2) is 36.7 Å². The van der Waals surface area contributed by atoms with Gasteiger partial charge in [0.25, 0.3) is 5.91 Å². The number of hydrogen-bond acceptors (Lipinski definition) is 4. The van der Waals surface area contributed by atoms with Crippen molar-refractivity contribution in [1.29, 1.82) is 0 Å². The Labute approximate surface area is 102 Å². The lowest BCUT2D eigenvalue weighted by Crippen LogP contribution is -2.14. The van der Waals surface area contributed by atoms with Crippen LogP contribution in [0.2, 0.25) is 0 Å². The summed E-state index contributed by atoms with van der Waals surface area (Å²) in [7, 11) is 0. The summed E-state index contributed by atoms with van der Waals surface area (Å²) in [4.78, 5) is 15.0. The molecule has 0 saturated heterocycles. The number of benzene rings is 1. The van der Waals surface area contributed by atoms with Gasteiger partial charge < -0.3 is 16.2 Å². The zero-order valence-corrected chi connectivity index (χ0v) is 9.26. The molecule has 4 N–H and O–H groups in total. The minimum atomic E-state index is -0.907. The SMILES string of the molecule is NC(=O)c1c(F)cccc1Oc1ccncc1N. The van der Waals surface area contributed by atoms with Gasteiger partial charge in [0.15, 0.2) is 5.75 Å². The van der Waals surface area contributed by atoms with Crippen molar-refractivity contribution >= 4 is 11.6 Å². The van der Waals surface area contributed by atoms with Gasteiger partial charge in [0, 0.05) is 12.3 Å². The summed E-state index contributed by atoms with van der Waals surface area (Å²) in [5.74, 6) is -1.36. The molecule has 0 aliphatic carbocycles. The minimum Gasteiger partial charge on any atom is -0.454 e. The number of hydrogen-bond donors (Lipinski definition) is 2. The van der Waals surface area contributed by atoms with Crippen LogP contribution in [0.25, 0.3) is 0 Å². The number of carbonyl (C=O) groups excluding carboxylic acids is 1. The first-order chi connectivity index (χ1) is 8.59. The molecule has 1 aromatic heterocycles. The lowest BCUT2D eigenvalue weighted by atomic mass is 10.2. The second kappa shape index (κ2) is 4.70. The first-order valence-corrected chi connectivity index (χ1v) is 5.05. The van der Waals surface area contributed by atoms with E-state index in [1.807, 2.05) is 0 Å². The third kappa shape index (κ3) is 2.22. The average Bonchev–Trinajstić information content (AvgIpc) is 2.31. The number of amides is 1. The van der Waals surface area contributed by atoms with Crippen LogP contribution in [0, 0.1) is 5.82 Å². The van der Waals surface area contributed by atoms with Gasteiger partial charge in [0.1, 0.15) is 17.1 Å². The molecule has 0 aliphatic rings. The predicted molar refractivity (Wildman–Crippen MR) is 63.6 cm³/mol. The number of nitrogen functional groups attached to an aromatic ring is 1. The van der Waals surface area contributed by atoms with Crippen LogP contribution in [0.4, 0.5) is 10.1 Å². The van der Waals surface area contributed by atoms with E-state index < -0.39 is 11.7 Å². The van der Waals surface area contributed by atoms with Gasteiger partial charge >= 0.3 is 0 Å². The Balaban J connectivity index is 2.44. The highest BCUT2D eigenvalue weighted by molar-refractivity contribution is 5.96. The third-order valence-electron chi connectivity index (χ3n) is 2.25. The Kier molecular flexibility index (Phi) is 3.09. The van der Waals surface area contributed by atoms with Gasteiger partial charge in [-0.05, 0) is 12.1 Å². The lowest BCUT2D eigenvalue weighted by molar-refractivity contribution is 0.0994.